The molecule has 0 aromatic carbocycles. The molecule has 6 heteroatoms. The Hall–Kier alpha value is -0.980. The summed E-state index contributed by atoms with van der Waals surface area (Å²) in [6, 6.07) is 3.97. The molecule has 0 bridgehead atoms. The standard InChI is InChI=1S/C12H21N3O2S/c1-2-18(16,17)9-3-4-12(15-13)10-11-5-7-14-8-6-11/h5-8,12,15H,2-4,9-10,13H2,1H3. The fourth-order valence-corrected chi connectivity index (χ4v) is 2.64. The molecule has 1 rings (SSSR count). The van der Waals surface area contributed by atoms with E-state index in [0.717, 1.165) is 18.4 Å². The topological polar surface area (TPSA) is 85.1 Å². The maximum atomic E-state index is 11.4. The van der Waals surface area contributed by atoms with Crippen LogP contribution in [-0.2, 0) is 16.3 Å². The summed E-state index contributed by atoms with van der Waals surface area (Å²) in [5, 5.41) is 0. The minimum Gasteiger partial charge on any atom is -0.271 e. The third kappa shape index (κ3) is 5.57. The third-order valence-electron chi connectivity index (χ3n) is 2.91. The predicted molar refractivity (Wildman–Crippen MR) is 72.6 cm³/mol. The van der Waals surface area contributed by atoms with Crippen molar-refractivity contribution in [2.75, 3.05) is 11.5 Å². The second-order valence-corrected chi connectivity index (χ2v) is 6.77. The highest BCUT2D eigenvalue weighted by atomic mass is 32.2. The number of sulfone groups is 1. The first-order valence-corrected chi connectivity index (χ1v) is 7.95. The van der Waals surface area contributed by atoms with Gasteiger partial charge >= 0.3 is 0 Å². The smallest absolute Gasteiger partial charge is 0.150 e. The number of hydrogen-bond acceptors (Lipinski definition) is 5. The minimum absolute atomic E-state index is 0.0967. The van der Waals surface area contributed by atoms with Gasteiger partial charge in [0.1, 0.15) is 9.84 Å². The highest BCUT2D eigenvalue weighted by molar-refractivity contribution is 7.91. The van der Waals surface area contributed by atoms with Crippen molar-refractivity contribution >= 4 is 9.84 Å². The van der Waals surface area contributed by atoms with Gasteiger partial charge in [0.15, 0.2) is 0 Å². The number of nitrogens with two attached hydrogens (primary N) is 1. The molecule has 1 heterocycles. The molecule has 0 fully saturated rings. The van der Waals surface area contributed by atoms with Crippen LogP contribution < -0.4 is 11.3 Å². The van der Waals surface area contributed by atoms with Crippen molar-refractivity contribution in [1.29, 1.82) is 0 Å². The summed E-state index contributed by atoms with van der Waals surface area (Å²) in [6.07, 6.45) is 5.65. The molecule has 0 aliphatic heterocycles. The zero-order chi connectivity index (χ0) is 13.4. The molecule has 3 N–H and O–H groups in total. The molecular weight excluding hydrogens is 250 g/mol. The normalized spacial score (nSPS) is 13.4. The zero-order valence-electron chi connectivity index (χ0n) is 10.7. The molecule has 1 unspecified atom stereocenters. The van der Waals surface area contributed by atoms with E-state index in [1.54, 1.807) is 19.3 Å². The number of rotatable bonds is 8. The minimum atomic E-state index is -2.87. The van der Waals surface area contributed by atoms with Gasteiger partial charge in [0.05, 0.1) is 5.75 Å². The summed E-state index contributed by atoms with van der Waals surface area (Å²) in [5.74, 6) is 5.93. The van der Waals surface area contributed by atoms with Crippen LogP contribution in [0.4, 0.5) is 0 Å². The molecule has 102 valence electrons. The molecule has 0 radical (unpaired) electrons. The molecular formula is C12H21N3O2S. The van der Waals surface area contributed by atoms with Crippen molar-refractivity contribution in [3.63, 3.8) is 0 Å². The van der Waals surface area contributed by atoms with Gasteiger partial charge in [-0.1, -0.05) is 6.92 Å². The van der Waals surface area contributed by atoms with Gasteiger partial charge < -0.3 is 0 Å². The van der Waals surface area contributed by atoms with Crippen LogP contribution in [0.3, 0.4) is 0 Å². The Morgan fingerprint density at radius 2 is 2.06 bits per heavy atom. The van der Waals surface area contributed by atoms with E-state index in [9.17, 15) is 8.42 Å². The molecule has 1 aromatic rings. The maximum absolute atomic E-state index is 11.4. The van der Waals surface area contributed by atoms with E-state index >= 15 is 0 Å². The van der Waals surface area contributed by atoms with Crippen LogP contribution in [0.2, 0.25) is 0 Å². The molecule has 0 amide bonds. The highest BCUT2D eigenvalue weighted by Gasteiger charge is 2.11. The van der Waals surface area contributed by atoms with Gasteiger partial charge in [-0.3, -0.25) is 16.3 Å². The number of hydrazine groups is 1. The van der Waals surface area contributed by atoms with Crippen LogP contribution in [-0.4, -0.2) is 30.9 Å². The van der Waals surface area contributed by atoms with E-state index in [1.807, 2.05) is 12.1 Å². The molecule has 1 aromatic heterocycles. The Bertz CT molecular complexity index is 434. The lowest BCUT2D eigenvalue weighted by Gasteiger charge is -2.15. The summed E-state index contributed by atoms with van der Waals surface area (Å²) in [6.45, 7) is 1.67. The number of pyridine rings is 1. The number of aromatic nitrogens is 1. The molecule has 0 saturated heterocycles. The van der Waals surface area contributed by atoms with E-state index in [-0.39, 0.29) is 17.5 Å². The van der Waals surface area contributed by atoms with Crippen LogP contribution in [0, 0.1) is 0 Å². The average molecular weight is 271 g/mol. The van der Waals surface area contributed by atoms with Crippen molar-refractivity contribution < 1.29 is 8.42 Å². The molecule has 1 atom stereocenters. The highest BCUT2D eigenvalue weighted by Crippen LogP contribution is 2.07. The van der Waals surface area contributed by atoms with Crippen LogP contribution in [0.25, 0.3) is 0 Å². The third-order valence-corrected chi connectivity index (χ3v) is 4.71. The Labute approximate surface area is 109 Å². The predicted octanol–water partition coefficient (Wildman–Crippen LogP) is 0.671. The second-order valence-electron chi connectivity index (χ2n) is 4.30. The van der Waals surface area contributed by atoms with Crippen LogP contribution in [0.5, 0.6) is 0 Å². The summed E-state index contributed by atoms with van der Waals surface area (Å²) < 4.78 is 22.7. The molecule has 0 aliphatic rings. The molecule has 18 heavy (non-hydrogen) atoms. The number of nitrogens with zero attached hydrogens (tertiary/aromatic N) is 1. The van der Waals surface area contributed by atoms with Crippen molar-refractivity contribution in [2.45, 2.75) is 32.2 Å². The van der Waals surface area contributed by atoms with Gasteiger partial charge in [0, 0.05) is 24.2 Å². The first-order valence-electron chi connectivity index (χ1n) is 6.13. The largest absolute Gasteiger partial charge is 0.271 e. The first-order chi connectivity index (χ1) is 8.57. The SMILES string of the molecule is CCS(=O)(=O)CCCC(Cc1ccncc1)NN. The Balaban J connectivity index is 2.39. The van der Waals surface area contributed by atoms with Gasteiger partial charge in [0.2, 0.25) is 0 Å². The number of nitrogens with one attached hydrogen (secondary N) is 1. The molecule has 0 spiro atoms. The van der Waals surface area contributed by atoms with Crippen molar-refractivity contribution in [3.8, 4) is 0 Å². The summed E-state index contributed by atoms with van der Waals surface area (Å²) >= 11 is 0. The van der Waals surface area contributed by atoms with Crippen molar-refractivity contribution in [2.24, 2.45) is 5.84 Å². The Morgan fingerprint density at radius 3 is 2.61 bits per heavy atom. The van der Waals surface area contributed by atoms with Gasteiger partial charge in [-0.15, -0.1) is 0 Å². The fraction of sp³-hybridized carbons (Fsp3) is 0.583. The van der Waals surface area contributed by atoms with E-state index in [1.165, 1.54) is 0 Å². The lowest BCUT2D eigenvalue weighted by atomic mass is 10.0. The quantitative estimate of drug-likeness (QED) is 0.536. The van der Waals surface area contributed by atoms with Crippen LogP contribution in [0.1, 0.15) is 25.3 Å². The van der Waals surface area contributed by atoms with E-state index < -0.39 is 9.84 Å². The first kappa shape index (κ1) is 15.1. The lowest BCUT2D eigenvalue weighted by Crippen LogP contribution is -2.37. The lowest BCUT2D eigenvalue weighted by molar-refractivity contribution is 0.484. The average Bonchev–Trinajstić information content (AvgIpc) is 2.38. The monoisotopic (exact) mass is 271 g/mol. The zero-order valence-corrected chi connectivity index (χ0v) is 11.5. The van der Waals surface area contributed by atoms with Gasteiger partial charge in [-0.25, -0.2) is 8.42 Å². The van der Waals surface area contributed by atoms with Gasteiger partial charge in [-0.05, 0) is 37.0 Å². The number of hydrogen-bond donors (Lipinski definition) is 2. The van der Waals surface area contributed by atoms with Crippen molar-refractivity contribution in [1.82, 2.24) is 10.4 Å². The molecule has 5 nitrogen and oxygen atoms in total. The van der Waals surface area contributed by atoms with E-state index in [2.05, 4.69) is 10.4 Å². The van der Waals surface area contributed by atoms with Gasteiger partial charge in [-0.2, -0.15) is 0 Å². The van der Waals surface area contributed by atoms with Crippen LogP contribution >= 0.6 is 0 Å². The van der Waals surface area contributed by atoms with Gasteiger partial charge in [0.25, 0.3) is 0 Å². The molecule has 0 aliphatic carbocycles. The van der Waals surface area contributed by atoms with Crippen molar-refractivity contribution in [3.05, 3.63) is 30.1 Å². The molecule has 0 saturated carbocycles. The second kappa shape index (κ2) is 7.45. The fourth-order valence-electron chi connectivity index (χ4n) is 1.74. The van der Waals surface area contributed by atoms with Crippen LogP contribution in [0.15, 0.2) is 24.5 Å². The van der Waals surface area contributed by atoms with E-state index in [0.29, 0.717) is 6.42 Å². The Kier molecular flexibility index (Phi) is 6.24. The summed E-state index contributed by atoms with van der Waals surface area (Å²) in [5.41, 5.74) is 3.88. The van der Waals surface area contributed by atoms with E-state index in [4.69, 9.17) is 5.84 Å². The maximum Gasteiger partial charge on any atom is 0.150 e. The summed E-state index contributed by atoms with van der Waals surface area (Å²) in [4.78, 5) is 3.95. The summed E-state index contributed by atoms with van der Waals surface area (Å²) in [7, 11) is -2.87. The Morgan fingerprint density at radius 1 is 1.39 bits per heavy atom.